The van der Waals surface area contributed by atoms with Crippen molar-refractivity contribution < 1.29 is 27.5 Å². The van der Waals surface area contributed by atoms with Crippen molar-refractivity contribution in [1.82, 2.24) is 10.3 Å². The SMILES string of the molecule is COc1ccc(Cl)cc1C(=O)N1CCC(C(=O)NNc2ccccc2C(F)(F)F)CC1. The fourth-order valence-corrected chi connectivity index (χ4v) is 3.60. The lowest BCUT2D eigenvalue weighted by Gasteiger charge is -2.31. The van der Waals surface area contributed by atoms with Gasteiger partial charge >= 0.3 is 6.18 Å². The van der Waals surface area contributed by atoms with E-state index in [2.05, 4.69) is 10.9 Å². The molecule has 0 saturated carbocycles. The van der Waals surface area contributed by atoms with Crippen molar-refractivity contribution in [2.24, 2.45) is 5.92 Å². The quantitative estimate of drug-likeness (QED) is 0.657. The van der Waals surface area contributed by atoms with Crippen molar-refractivity contribution in [3.63, 3.8) is 0 Å². The van der Waals surface area contributed by atoms with E-state index in [4.69, 9.17) is 16.3 Å². The van der Waals surface area contributed by atoms with Crippen LogP contribution < -0.4 is 15.6 Å². The first-order valence-corrected chi connectivity index (χ1v) is 9.93. The molecule has 0 bridgehead atoms. The fourth-order valence-electron chi connectivity index (χ4n) is 3.43. The topological polar surface area (TPSA) is 70.7 Å². The lowest BCUT2D eigenvalue weighted by Crippen LogP contribution is -2.44. The standard InChI is InChI=1S/C21H21ClF3N3O3/c1-31-18-7-6-14(22)12-15(18)20(30)28-10-8-13(9-11-28)19(29)27-26-17-5-3-2-4-16(17)21(23,24)25/h2-7,12-13,26H,8-11H2,1H3,(H,27,29). The Morgan fingerprint density at radius 2 is 1.81 bits per heavy atom. The Balaban J connectivity index is 1.57. The molecule has 2 aromatic rings. The average Bonchev–Trinajstić information content (AvgIpc) is 2.76. The van der Waals surface area contributed by atoms with Crippen molar-refractivity contribution in [2.75, 3.05) is 25.6 Å². The predicted molar refractivity (Wildman–Crippen MR) is 110 cm³/mol. The van der Waals surface area contributed by atoms with Gasteiger partial charge in [-0.2, -0.15) is 13.2 Å². The maximum Gasteiger partial charge on any atom is 0.418 e. The van der Waals surface area contributed by atoms with Crippen LogP contribution in [0.5, 0.6) is 5.75 Å². The number of anilines is 1. The number of nitrogens with zero attached hydrogens (tertiary/aromatic N) is 1. The summed E-state index contributed by atoms with van der Waals surface area (Å²) in [7, 11) is 1.46. The second kappa shape index (κ2) is 9.47. The molecule has 1 fully saturated rings. The number of para-hydroxylation sites is 1. The Kier molecular flexibility index (Phi) is 6.94. The first kappa shape index (κ1) is 22.7. The number of amides is 2. The van der Waals surface area contributed by atoms with Crippen molar-refractivity contribution in [2.45, 2.75) is 19.0 Å². The van der Waals surface area contributed by atoms with Gasteiger partial charge in [0.15, 0.2) is 0 Å². The lowest BCUT2D eigenvalue weighted by molar-refractivity contribution is -0.137. The third-order valence-electron chi connectivity index (χ3n) is 5.10. The number of rotatable bonds is 5. The zero-order chi connectivity index (χ0) is 22.6. The maximum atomic E-state index is 13.1. The van der Waals surface area contributed by atoms with Crippen LogP contribution in [0.4, 0.5) is 18.9 Å². The summed E-state index contributed by atoms with van der Waals surface area (Å²) in [6.45, 7) is 0.650. The monoisotopic (exact) mass is 455 g/mol. The van der Waals surface area contributed by atoms with E-state index < -0.39 is 23.6 Å². The molecule has 0 aromatic heterocycles. The number of likely N-dealkylation sites (tertiary alicyclic amines) is 1. The van der Waals surface area contributed by atoms with Crippen molar-refractivity contribution in [3.8, 4) is 5.75 Å². The van der Waals surface area contributed by atoms with Gasteiger partial charge in [0.2, 0.25) is 5.91 Å². The van der Waals surface area contributed by atoms with Gasteiger partial charge in [-0.3, -0.25) is 20.4 Å². The van der Waals surface area contributed by atoms with Gasteiger partial charge in [0, 0.05) is 24.0 Å². The Labute approximate surface area is 182 Å². The molecular formula is C21H21ClF3N3O3. The number of ether oxygens (including phenoxy) is 1. The Bertz CT molecular complexity index is 960. The number of hydrazine groups is 1. The van der Waals surface area contributed by atoms with Crippen LogP contribution >= 0.6 is 11.6 Å². The normalized spacial score (nSPS) is 14.8. The highest BCUT2D eigenvalue weighted by Gasteiger charge is 2.34. The van der Waals surface area contributed by atoms with Gasteiger partial charge in [-0.1, -0.05) is 23.7 Å². The van der Waals surface area contributed by atoms with Crippen molar-refractivity contribution in [3.05, 3.63) is 58.6 Å². The summed E-state index contributed by atoms with van der Waals surface area (Å²) in [5.41, 5.74) is 3.95. The van der Waals surface area contributed by atoms with Gasteiger partial charge in [0.1, 0.15) is 5.75 Å². The van der Waals surface area contributed by atoms with Crippen LogP contribution in [0, 0.1) is 5.92 Å². The number of methoxy groups -OCH3 is 1. The largest absolute Gasteiger partial charge is 0.496 e. The van der Waals surface area contributed by atoms with Crippen LogP contribution in [0.2, 0.25) is 5.02 Å². The fraction of sp³-hybridized carbons (Fsp3) is 0.333. The molecule has 31 heavy (non-hydrogen) atoms. The Morgan fingerprint density at radius 3 is 2.45 bits per heavy atom. The third-order valence-corrected chi connectivity index (χ3v) is 5.33. The molecule has 2 N–H and O–H groups in total. The number of hydrogen-bond acceptors (Lipinski definition) is 4. The van der Waals surface area contributed by atoms with Gasteiger partial charge < -0.3 is 9.64 Å². The second-order valence-corrected chi connectivity index (χ2v) is 7.51. The van der Waals surface area contributed by atoms with Crippen molar-refractivity contribution in [1.29, 1.82) is 0 Å². The number of carbonyl (C=O) groups excluding carboxylic acids is 2. The molecule has 0 unspecified atom stereocenters. The molecule has 6 nitrogen and oxygen atoms in total. The van der Waals surface area contributed by atoms with Gasteiger partial charge in [-0.15, -0.1) is 0 Å². The minimum Gasteiger partial charge on any atom is -0.496 e. The van der Waals surface area contributed by atoms with Gasteiger partial charge in [-0.05, 0) is 43.2 Å². The van der Waals surface area contributed by atoms with Crippen LogP contribution in [-0.2, 0) is 11.0 Å². The van der Waals surface area contributed by atoms with Crippen LogP contribution in [0.3, 0.4) is 0 Å². The number of halogens is 4. The molecule has 166 valence electrons. The molecule has 0 atom stereocenters. The zero-order valence-corrected chi connectivity index (χ0v) is 17.4. The van der Waals surface area contributed by atoms with E-state index in [1.165, 1.54) is 31.4 Å². The highest BCUT2D eigenvalue weighted by Crippen LogP contribution is 2.34. The molecule has 2 aromatic carbocycles. The smallest absolute Gasteiger partial charge is 0.418 e. The number of alkyl halides is 3. The molecule has 1 saturated heterocycles. The van der Waals surface area contributed by atoms with E-state index >= 15 is 0 Å². The third kappa shape index (κ3) is 5.41. The molecule has 1 heterocycles. The van der Waals surface area contributed by atoms with E-state index in [1.807, 2.05) is 0 Å². The molecule has 3 rings (SSSR count). The first-order valence-electron chi connectivity index (χ1n) is 9.55. The summed E-state index contributed by atoms with van der Waals surface area (Å²) < 4.78 is 44.4. The lowest BCUT2D eigenvalue weighted by atomic mass is 9.95. The summed E-state index contributed by atoms with van der Waals surface area (Å²) in [5, 5.41) is 0.406. The van der Waals surface area contributed by atoms with E-state index in [-0.39, 0.29) is 11.6 Å². The van der Waals surface area contributed by atoms with E-state index in [0.29, 0.717) is 42.3 Å². The summed E-state index contributed by atoms with van der Waals surface area (Å²) in [6.07, 6.45) is -3.78. The molecule has 0 aliphatic carbocycles. The molecule has 1 aliphatic heterocycles. The van der Waals surface area contributed by atoms with E-state index in [1.54, 1.807) is 17.0 Å². The minimum absolute atomic E-state index is 0.232. The highest BCUT2D eigenvalue weighted by atomic mass is 35.5. The van der Waals surface area contributed by atoms with Gasteiger partial charge in [-0.25, -0.2) is 0 Å². The number of benzene rings is 2. The van der Waals surface area contributed by atoms with Crippen LogP contribution in [-0.4, -0.2) is 36.9 Å². The molecule has 1 aliphatic rings. The summed E-state index contributed by atoms with van der Waals surface area (Å²) >= 11 is 5.99. The van der Waals surface area contributed by atoms with Crippen LogP contribution in [0.15, 0.2) is 42.5 Å². The second-order valence-electron chi connectivity index (χ2n) is 7.07. The van der Waals surface area contributed by atoms with Crippen LogP contribution in [0.1, 0.15) is 28.8 Å². The van der Waals surface area contributed by atoms with E-state index in [9.17, 15) is 22.8 Å². The summed E-state index contributed by atoms with van der Waals surface area (Å²) in [4.78, 5) is 26.8. The molecule has 2 amide bonds. The molecule has 0 radical (unpaired) electrons. The average molecular weight is 456 g/mol. The van der Waals surface area contributed by atoms with Gasteiger partial charge in [0.05, 0.1) is 23.9 Å². The number of nitrogens with one attached hydrogen (secondary N) is 2. The predicted octanol–water partition coefficient (Wildman–Crippen LogP) is 4.36. The Hall–Kier alpha value is -2.94. The Morgan fingerprint density at radius 1 is 1.13 bits per heavy atom. The first-order chi connectivity index (χ1) is 14.7. The summed E-state index contributed by atoms with van der Waals surface area (Å²) in [5.74, 6) is -0.711. The highest BCUT2D eigenvalue weighted by molar-refractivity contribution is 6.31. The minimum atomic E-state index is -4.54. The molecular weight excluding hydrogens is 435 g/mol. The number of hydrogen-bond donors (Lipinski definition) is 2. The van der Waals surface area contributed by atoms with Crippen molar-refractivity contribution >= 4 is 29.1 Å². The number of piperidine rings is 1. The zero-order valence-electron chi connectivity index (χ0n) is 16.6. The molecule has 0 spiro atoms. The maximum absolute atomic E-state index is 13.1. The number of carbonyl (C=O) groups is 2. The van der Waals surface area contributed by atoms with Crippen LogP contribution in [0.25, 0.3) is 0 Å². The molecule has 10 heteroatoms. The van der Waals surface area contributed by atoms with E-state index in [0.717, 1.165) is 6.07 Å². The summed E-state index contributed by atoms with van der Waals surface area (Å²) in [6, 6.07) is 9.66. The van der Waals surface area contributed by atoms with Gasteiger partial charge in [0.25, 0.3) is 5.91 Å².